The SMILES string of the molecule is COc1ccc([C@@H]2[C@@H](C(=O)c3ccc(Cl)cc3)N3c4ccc(F)cc4C=C[C@H]3C23C(=O)c2ccccc2C3=O)cc1OC. The lowest BCUT2D eigenvalue weighted by atomic mass is 9.64. The molecule has 0 amide bonds. The first-order valence-corrected chi connectivity index (χ1v) is 14.2. The first-order valence-electron chi connectivity index (χ1n) is 13.8. The van der Waals surface area contributed by atoms with Crippen molar-refractivity contribution in [1.29, 1.82) is 0 Å². The molecule has 214 valence electrons. The minimum Gasteiger partial charge on any atom is -0.493 e. The summed E-state index contributed by atoms with van der Waals surface area (Å²) in [6, 6.07) is 20.9. The molecule has 0 unspecified atom stereocenters. The van der Waals surface area contributed by atoms with Gasteiger partial charge in [0.25, 0.3) is 0 Å². The zero-order chi connectivity index (χ0) is 30.0. The Balaban J connectivity index is 1.55. The standard InChI is InChI=1S/C35H25ClFNO5/c1-42-27-15-9-21(18-28(27)43-2)30-31(32(39)19-7-11-22(36)12-8-19)38-26-14-13-23(37)17-20(26)10-16-29(38)35(30)33(40)24-5-3-4-6-25(24)34(35)41/h3-18,29-31H,1-2H3/t29-,30+,31-/m0/s1. The van der Waals surface area contributed by atoms with Crippen molar-refractivity contribution >= 4 is 40.7 Å². The maximum absolute atomic E-state index is 14.7. The summed E-state index contributed by atoms with van der Waals surface area (Å²) in [5, 5.41) is 0.465. The van der Waals surface area contributed by atoms with Gasteiger partial charge in [-0.15, -0.1) is 0 Å². The molecule has 1 fully saturated rings. The lowest BCUT2D eigenvalue weighted by Crippen LogP contribution is -2.48. The van der Waals surface area contributed by atoms with Crippen LogP contribution in [0.1, 0.15) is 48.1 Å². The third-order valence-electron chi connectivity index (χ3n) is 8.93. The zero-order valence-electron chi connectivity index (χ0n) is 23.2. The molecule has 7 rings (SSSR count). The van der Waals surface area contributed by atoms with E-state index in [4.69, 9.17) is 21.1 Å². The Morgan fingerprint density at radius 3 is 2.19 bits per heavy atom. The average Bonchev–Trinajstić information content (AvgIpc) is 3.46. The van der Waals surface area contributed by atoms with Gasteiger partial charge in [0.15, 0.2) is 28.8 Å². The number of nitrogens with zero attached hydrogens (tertiary/aromatic N) is 1. The molecule has 3 aliphatic rings. The highest BCUT2D eigenvalue weighted by Gasteiger charge is 2.71. The fraction of sp³-hybridized carbons (Fsp3) is 0.171. The third-order valence-corrected chi connectivity index (χ3v) is 9.18. The maximum Gasteiger partial charge on any atom is 0.185 e. The Morgan fingerprint density at radius 1 is 0.860 bits per heavy atom. The molecule has 43 heavy (non-hydrogen) atoms. The van der Waals surface area contributed by atoms with Crippen molar-refractivity contribution < 1.29 is 28.2 Å². The van der Waals surface area contributed by atoms with Gasteiger partial charge in [-0.3, -0.25) is 14.4 Å². The molecular weight excluding hydrogens is 569 g/mol. The quantitative estimate of drug-likeness (QED) is 0.187. The van der Waals surface area contributed by atoms with E-state index < -0.39 is 29.2 Å². The van der Waals surface area contributed by atoms with E-state index in [1.807, 2.05) is 4.90 Å². The first-order chi connectivity index (χ1) is 20.8. The van der Waals surface area contributed by atoms with Crippen LogP contribution in [0.5, 0.6) is 11.5 Å². The van der Waals surface area contributed by atoms with Crippen LogP contribution in [0, 0.1) is 11.2 Å². The summed E-state index contributed by atoms with van der Waals surface area (Å²) in [7, 11) is 3.02. The van der Waals surface area contributed by atoms with Gasteiger partial charge < -0.3 is 14.4 Å². The highest BCUT2D eigenvalue weighted by molar-refractivity contribution is 6.32. The van der Waals surface area contributed by atoms with Gasteiger partial charge in [-0.05, 0) is 60.2 Å². The second-order valence-electron chi connectivity index (χ2n) is 10.9. The van der Waals surface area contributed by atoms with Crippen molar-refractivity contribution in [2.75, 3.05) is 19.1 Å². The summed E-state index contributed by atoms with van der Waals surface area (Å²) in [6.07, 6.45) is 3.48. The number of Topliss-reactive ketones (excluding diaryl/α,β-unsaturated/α-hetero) is 3. The van der Waals surface area contributed by atoms with Gasteiger partial charge in [0.2, 0.25) is 0 Å². The summed E-state index contributed by atoms with van der Waals surface area (Å²) in [6.45, 7) is 0. The number of hydrogen-bond acceptors (Lipinski definition) is 6. The number of ether oxygens (including phenoxy) is 2. The molecule has 4 aromatic carbocycles. The Bertz CT molecular complexity index is 1830. The van der Waals surface area contributed by atoms with Crippen molar-refractivity contribution in [3.05, 3.63) is 130 Å². The van der Waals surface area contributed by atoms with Gasteiger partial charge >= 0.3 is 0 Å². The minimum atomic E-state index is -1.70. The molecule has 1 aliphatic carbocycles. The van der Waals surface area contributed by atoms with Gasteiger partial charge in [0.1, 0.15) is 17.3 Å². The summed E-state index contributed by atoms with van der Waals surface area (Å²) in [5.74, 6) is -1.55. The van der Waals surface area contributed by atoms with Gasteiger partial charge in [0.05, 0.1) is 20.3 Å². The van der Waals surface area contributed by atoms with Gasteiger partial charge in [-0.1, -0.05) is 54.1 Å². The van der Waals surface area contributed by atoms with E-state index in [9.17, 15) is 18.8 Å². The van der Waals surface area contributed by atoms with Crippen LogP contribution in [0.2, 0.25) is 5.02 Å². The van der Waals surface area contributed by atoms with Crippen LogP contribution in [0.25, 0.3) is 6.08 Å². The molecule has 2 aliphatic heterocycles. The first kappa shape index (κ1) is 27.1. The number of halogens is 2. The van der Waals surface area contributed by atoms with E-state index in [0.29, 0.717) is 50.0 Å². The summed E-state index contributed by atoms with van der Waals surface area (Å²) in [4.78, 5) is 46.0. The molecule has 8 heteroatoms. The number of fused-ring (bicyclic) bond motifs is 5. The molecule has 3 atom stereocenters. The highest BCUT2D eigenvalue weighted by Crippen LogP contribution is 2.61. The lowest BCUT2D eigenvalue weighted by Gasteiger charge is -2.37. The number of ketones is 3. The van der Waals surface area contributed by atoms with Crippen LogP contribution in [-0.4, -0.2) is 43.7 Å². The number of anilines is 1. The van der Waals surface area contributed by atoms with Crippen LogP contribution < -0.4 is 14.4 Å². The van der Waals surface area contributed by atoms with Crippen molar-refractivity contribution in [2.24, 2.45) is 5.41 Å². The lowest BCUT2D eigenvalue weighted by molar-refractivity contribution is 0.0665. The fourth-order valence-corrected chi connectivity index (χ4v) is 7.28. The summed E-state index contributed by atoms with van der Waals surface area (Å²) < 4.78 is 25.5. The number of rotatable bonds is 5. The number of carbonyl (C=O) groups excluding carboxylic acids is 3. The Labute approximate surface area is 252 Å². The Morgan fingerprint density at radius 2 is 1.53 bits per heavy atom. The molecule has 0 bridgehead atoms. The average molecular weight is 594 g/mol. The smallest absolute Gasteiger partial charge is 0.185 e. The molecule has 0 saturated carbocycles. The number of benzene rings is 4. The molecule has 1 spiro atoms. The van der Waals surface area contributed by atoms with Crippen molar-refractivity contribution in [3.8, 4) is 11.5 Å². The van der Waals surface area contributed by atoms with Crippen LogP contribution in [0.3, 0.4) is 0 Å². The maximum atomic E-state index is 14.7. The second kappa shape index (κ2) is 9.92. The van der Waals surface area contributed by atoms with Gasteiger partial charge in [0, 0.05) is 38.9 Å². The molecule has 0 N–H and O–H groups in total. The van der Waals surface area contributed by atoms with E-state index in [1.165, 1.54) is 26.4 Å². The third kappa shape index (κ3) is 3.74. The predicted molar refractivity (Wildman–Crippen MR) is 161 cm³/mol. The topological polar surface area (TPSA) is 72.9 Å². The highest BCUT2D eigenvalue weighted by atomic mass is 35.5. The monoisotopic (exact) mass is 593 g/mol. The van der Waals surface area contributed by atoms with Gasteiger partial charge in [-0.2, -0.15) is 0 Å². The molecule has 2 heterocycles. The normalized spacial score (nSPS) is 21.0. The van der Waals surface area contributed by atoms with Crippen molar-refractivity contribution in [2.45, 2.75) is 18.0 Å². The van der Waals surface area contributed by atoms with Crippen molar-refractivity contribution in [1.82, 2.24) is 0 Å². The molecule has 0 radical (unpaired) electrons. The van der Waals surface area contributed by atoms with Crippen LogP contribution in [0.15, 0.2) is 91.0 Å². The minimum absolute atomic E-state index is 0.305. The predicted octanol–water partition coefficient (Wildman–Crippen LogP) is 6.81. The number of methoxy groups -OCH3 is 2. The zero-order valence-corrected chi connectivity index (χ0v) is 24.0. The fourth-order valence-electron chi connectivity index (χ4n) is 7.15. The van der Waals surface area contributed by atoms with E-state index in [2.05, 4.69) is 0 Å². The van der Waals surface area contributed by atoms with E-state index in [-0.39, 0.29) is 17.3 Å². The van der Waals surface area contributed by atoms with Gasteiger partial charge in [-0.25, -0.2) is 4.39 Å². The number of hydrogen-bond donors (Lipinski definition) is 0. The van der Waals surface area contributed by atoms with Crippen LogP contribution in [0.4, 0.5) is 10.1 Å². The molecule has 4 aromatic rings. The molecule has 0 aromatic heterocycles. The van der Waals surface area contributed by atoms with Crippen molar-refractivity contribution in [3.63, 3.8) is 0 Å². The summed E-state index contributed by atoms with van der Waals surface area (Å²) >= 11 is 6.16. The largest absolute Gasteiger partial charge is 0.493 e. The summed E-state index contributed by atoms with van der Waals surface area (Å²) in [5.41, 5.74) is 0.962. The van der Waals surface area contributed by atoms with E-state index in [1.54, 1.807) is 84.9 Å². The Kier molecular flexibility index (Phi) is 6.25. The molecule has 1 saturated heterocycles. The Hall–Kier alpha value is -4.75. The van der Waals surface area contributed by atoms with Crippen LogP contribution >= 0.6 is 11.6 Å². The molecular formula is C35H25ClFNO5. The van der Waals surface area contributed by atoms with Crippen LogP contribution in [-0.2, 0) is 0 Å². The van der Waals surface area contributed by atoms with E-state index in [0.717, 1.165) is 0 Å². The molecule has 6 nitrogen and oxygen atoms in total. The second-order valence-corrected chi connectivity index (χ2v) is 11.3. The van der Waals surface area contributed by atoms with E-state index >= 15 is 0 Å². The number of carbonyl (C=O) groups is 3.